The Morgan fingerprint density at radius 1 is 1.04 bits per heavy atom. The van der Waals surface area contributed by atoms with Crippen LogP contribution in [0.15, 0.2) is 0 Å². The van der Waals surface area contributed by atoms with Crippen molar-refractivity contribution in [2.24, 2.45) is 5.92 Å². The minimum atomic E-state index is -0.170. The molecule has 4 aliphatic rings. The zero-order valence-electron chi connectivity index (χ0n) is 16.1. The molecule has 4 fully saturated rings. The summed E-state index contributed by atoms with van der Waals surface area (Å²) >= 11 is 0. The molecule has 6 heteroatoms. The fourth-order valence-corrected chi connectivity index (χ4v) is 5.73. The molecule has 0 aromatic carbocycles. The van der Waals surface area contributed by atoms with Crippen LogP contribution in [0.25, 0.3) is 0 Å². The van der Waals surface area contributed by atoms with Crippen molar-refractivity contribution in [2.75, 3.05) is 32.8 Å². The molecule has 0 spiro atoms. The number of hydrogen-bond acceptors (Lipinski definition) is 4. The second kappa shape index (κ2) is 7.75. The first-order chi connectivity index (χ1) is 12.7. The van der Waals surface area contributed by atoms with E-state index in [-0.39, 0.29) is 6.09 Å². The van der Waals surface area contributed by atoms with E-state index < -0.39 is 0 Å². The van der Waals surface area contributed by atoms with Gasteiger partial charge in [-0.25, -0.2) is 4.79 Å². The Bertz CT molecular complexity index is 532. The number of hydrogen-bond donors (Lipinski definition) is 0. The number of ether oxygens (including phenoxy) is 1. The molecule has 0 unspecified atom stereocenters. The molecule has 0 N–H and O–H groups in total. The molecule has 6 nitrogen and oxygen atoms in total. The van der Waals surface area contributed by atoms with Gasteiger partial charge in [0.25, 0.3) is 0 Å². The lowest BCUT2D eigenvalue weighted by Crippen LogP contribution is -2.52. The van der Waals surface area contributed by atoms with Crippen molar-refractivity contribution >= 4 is 12.0 Å². The van der Waals surface area contributed by atoms with Gasteiger partial charge in [-0.15, -0.1) is 0 Å². The zero-order chi connectivity index (χ0) is 18.1. The molecule has 2 amide bonds. The van der Waals surface area contributed by atoms with Crippen LogP contribution in [0.1, 0.15) is 58.3 Å². The van der Waals surface area contributed by atoms with Crippen LogP contribution in [-0.2, 0) is 9.53 Å². The molecule has 3 heterocycles. The number of carbonyl (C=O) groups excluding carboxylic acids is 2. The lowest BCUT2D eigenvalue weighted by atomic mass is 9.84. The maximum Gasteiger partial charge on any atom is 0.409 e. The summed E-state index contributed by atoms with van der Waals surface area (Å²) in [5.41, 5.74) is 0. The highest BCUT2D eigenvalue weighted by Crippen LogP contribution is 2.39. The summed E-state index contributed by atoms with van der Waals surface area (Å²) in [5.74, 6) is 1.04. The molecule has 26 heavy (non-hydrogen) atoms. The molecule has 0 bridgehead atoms. The summed E-state index contributed by atoms with van der Waals surface area (Å²) in [6.45, 7) is 5.99. The fourth-order valence-electron chi connectivity index (χ4n) is 5.73. The van der Waals surface area contributed by atoms with E-state index in [1.807, 2.05) is 11.8 Å². The van der Waals surface area contributed by atoms with Crippen LogP contribution < -0.4 is 0 Å². The monoisotopic (exact) mass is 363 g/mol. The number of piperidine rings is 1. The van der Waals surface area contributed by atoms with Gasteiger partial charge in [-0.3, -0.25) is 9.69 Å². The van der Waals surface area contributed by atoms with Crippen LogP contribution in [0.3, 0.4) is 0 Å². The van der Waals surface area contributed by atoms with Crippen molar-refractivity contribution < 1.29 is 14.3 Å². The predicted molar refractivity (Wildman–Crippen MR) is 98.8 cm³/mol. The first kappa shape index (κ1) is 18.1. The van der Waals surface area contributed by atoms with Crippen LogP contribution in [0.2, 0.25) is 0 Å². The lowest BCUT2D eigenvalue weighted by Gasteiger charge is -2.42. The van der Waals surface area contributed by atoms with E-state index in [0.717, 1.165) is 51.9 Å². The van der Waals surface area contributed by atoms with Gasteiger partial charge >= 0.3 is 6.09 Å². The Labute approximate surface area is 156 Å². The first-order valence-electron chi connectivity index (χ1n) is 10.6. The molecule has 4 rings (SSSR count). The van der Waals surface area contributed by atoms with Gasteiger partial charge in [0.1, 0.15) is 0 Å². The number of carbonyl (C=O) groups is 2. The average molecular weight is 364 g/mol. The highest BCUT2D eigenvalue weighted by molar-refractivity contribution is 5.79. The normalized spacial score (nSPS) is 33.6. The van der Waals surface area contributed by atoms with Gasteiger partial charge in [-0.2, -0.15) is 0 Å². The van der Waals surface area contributed by atoms with Gasteiger partial charge in [0.05, 0.1) is 6.61 Å². The van der Waals surface area contributed by atoms with Crippen molar-refractivity contribution in [1.82, 2.24) is 14.7 Å². The van der Waals surface area contributed by atoms with Crippen LogP contribution in [0, 0.1) is 5.92 Å². The van der Waals surface area contributed by atoms with E-state index in [9.17, 15) is 9.59 Å². The summed E-state index contributed by atoms with van der Waals surface area (Å²) in [5, 5.41) is 0. The molecule has 1 saturated carbocycles. The number of nitrogens with zero attached hydrogens (tertiary/aromatic N) is 3. The van der Waals surface area contributed by atoms with Gasteiger partial charge < -0.3 is 14.5 Å². The third-order valence-electron chi connectivity index (χ3n) is 7.05. The van der Waals surface area contributed by atoms with E-state index in [4.69, 9.17) is 4.74 Å². The molecule has 1 aliphatic carbocycles. The molecule has 0 radical (unpaired) electrons. The standard InChI is InChI=1S/C20H33N3O3/c1-2-26-20(25)22-12-9-17(14-22)21-10-7-16(8-11-21)23-18-6-4-3-5-15(18)13-19(23)24/h15-18H,2-14H2,1H3/t15-,17+,18+/m1/s1. The van der Waals surface area contributed by atoms with E-state index >= 15 is 0 Å². The Hall–Kier alpha value is -1.30. The van der Waals surface area contributed by atoms with Gasteiger partial charge in [0.15, 0.2) is 0 Å². The van der Waals surface area contributed by atoms with Gasteiger partial charge in [-0.1, -0.05) is 12.8 Å². The molecule has 0 aromatic heterocycles. The molecule has 146 valence electrons. The zero-order valence-corrected chi connectivity index (χ0v) is 16.1. The Kier molecular flexibility index (Phi) is 5.39. The van der Waals surface area contributed by atoms with Gasteiger partial charge in [0, 0.05) is 50.7 Å². The number of likely N-dealkylation sites (tertiary alicyclic amines) is 3. The van der Waals surface area contributed by atoms with Crippen LogP contribution in [-0.4, -0.2) is 77.6 Å². The van der Waals surface area contributed by atoms with E-state index in [1.165, 1.54) is 25.7 Å². The van der Waals surface area contributed by atoms with Gasteiger partial charge in [-0.05, 0) is 44.9 Å². The van der Waals surface area contributed by atoms with Crippen LogP contribution >= 0.6 is 0 Å². The van der Waals surface area contributed by atoms with Crippen molar-refractivity contribution in [3.05, 3.63) is 0 Å². The molecule has 0 aromatic rings. The molecule has 3 aliphatic heterocycles. The van der Waals surface area contributed by atoms with Gasteiger partial charge in [0.2, 0.25) is 5.91 Å². The maximum atomic E-state index is 12.6. The third kappa shape index (κ3) is 3.45. The summed E-state index contributed by atoms with van der Waals surface area (Å²) in [6, 6.07) is 1.42. The van der Waals surface area contributed by atoms with Crippen LogP contribution in [0.5, 0.6) is 0 Å². The molecule has 3 saturated heterocycles. The highest BCUT2D eigenvalue weighted by atomic mass is 16.6. The molecule has 3 atom stereocenters. The maximum absolute atomic E-state index is 12.6. The Balaban J connectivity index is 1.29. The summed E-state index contributed by atoms with van der Waals surface area (Å²) < 4.78 is 5.13. The van der Waals surface area contributed by atoms with Crippen molar-refractivity contribution in [3.63, 3.8) is 0 Å². The molecular weight excluding hydrogens is 330 g/mol. The molecular formula is C20H33N3O3. The number of amides is 2. The summed E-state index contributed by atoms with van der Waals surface area (Å²) in [6.07, 6.45) is 8.89. The Morgan fingerprint density at radius 3 is 2.54 bits per heavy atom. The second-order valence-electron chi connectivity index (χ2n) is 8.47. The first-order valence-corrected chi connectivity index (χ1v) is 10.6. The fraction of sp³-hybridized carbons (Fsp3) is 0.900. The van der Waals surface area contributed by atoms with E-state index in [1.54, 1.807) is 0 Å². The summed E-state index contributed by atoms with van der Waals surface area (Å²) in [4.78, 5) is 31.2. The number of rotatable bonds is 3. The predicted octanol–water partition coefficient (Wildman–Crippen LogP) is 2.47. The SMILES string of the molecule is CCOC(=O)N1CC[C@H](N2CCC(N3C(=O)C[C@H]4CCCC[C@@H]43)CC2)C1. The average Bonchev–Trinajstić information content (AvgIpc) is 3.26. The van der Waals surface area contributed by atoms with Crippen molar-refractivity contribution in [2.45, 2.75) is 76.4 Å². The number of fused-ring (bicyclic) bond motifs is 1. The smallest absolute Gasteiger partial charge is 0.409 e. The van der Waals surface area contributed by atoms with E-state index in [2.05, 4.69) is 9.80 Å². The van der Waals surface area contributed by atoms with Crippen molar-refractivity contribution in [3.8, 4) is 0 Å². The minimum absolute atomic E-state index is 0.170. The second-order valence-corrected chi connectivity index (χ2v) is 8.47. The minimum Gasteiger partial charge on any atom is -0.450 e. The quantitative estimate of drug-likeness (QED) is 0.773. The Morgan fingerprint density at radius 2 is 1.77 bits per heavy atom. The summed E-state index contributed by atoms with van der Waals surface area (Å²) in [7, 11) is 0. The highest BCUT2D eigenvalue weighted by Gasteiger charge is 2.45. The van der Waals surface area contributed by atoms with E-state index in [0.29, 0.717) is 36.6 Å². The third-order valence-corrected chi connectivity index (χ3v) is 7.05. The largest absolute Gasteiger partial charge is 0.450 e. The van der Waals surface area contributed by atoms with Crippen LogP contribution in [0.4, 0.5) is 4.79 Å². The lowest BCUT2D eigenvalue weighted by molar-refractivity contribution is -0.132. The topological polar surface area (TPSA) is 53.1 Å². The van der Waals surface area contributed by atoms with Crippen molar-refractivity contribution in [1.29, 1.82) is 0 Å².